The third-order valence-corrected chi connectivity index (χ3v) is 11.1. The Hall–Kier alpha value is -4.42. The van der Waals surface area contributed by atoms with E-state index in [9.17, 15) is 0 Å². The molecule has 0 spiro atoms. The molecule has 3 atom stereocenters. The molecule has 0 fully saturated rings. The third-order valence-electron chi connectivity index (χ3n) is 11.1. The van der Waals surface area contributed by atoms with Gasteiger partial charge in [0.2, 0.25) is 0 Å². The van der Waals surface area contributed by atoms with Crippen molar-refractivity contribution in [3.05, 3.63) is 190 Å². The summed E-state index contributed by atoms with van der Waals surface area (Å²) >= 11 is 0. The predicted octanol–water partition coefficient (Wildman–Crippen LogP) is 12.6. The van der Waals surface area contributed by atoms with Crippen LogP contribution < -0.4 is 0 Å². The molecule has 0 saturated heterocycles. The summed E-state index contributed by atoms with van der Waals surface area (Å²) in [5.74, 6) is 1.31. The van der Waals surface area contributed by atoms with Gasteiger partial charge in [-0.1, -0.05) is 154 Å². The highest BCUT2D eigenvalue weighted by Gasteiger charge is 2.44. The van der Waals surface area contributed by atoms with Gasteiger partial charge in [0.25, 0.3) is 0 Å². The van der Waals surface area contributed by atoms with Crippen molar-refractivity contribution in [2.24, 2.45) is 17.8 Å². The summed E-state index contributed by atoms with van der Waals surface area (Å²) in [7, 11) is 0. The molecule has 0 N–H and O–H groups in total. The number of allylic oxidation sites excluding steroid dienone is 21. The SMILES string of the molecule is C=C(C)C=C(C=CC)C1=CC(c2ccccc2)=C(C2=CC=CCC2)C(C2C=CC=C(C3=CC=C4c5ccccc5C(C)(C)C4C3)C2)C1. The molecule has 0 aliphatic heterocycles. The Morgan fingerprint density at radius 2 is 1.62 bits per heavy atom. The van der Waals surface area contributed by atoms with Crippen LogP contribution in [-0.2, 0) is 5.41 Å². The molecule has 0 heterocycles. The van der Waals surface area contributed by atoms with E-state index in [0.29, 0.717) is 17.8 Å². The molecule has 2 aromatic rings. The molecular formula is C47H48. The van der Waals surface area contributed by atoms with Crippen LogP contribution in [0, 0.1) is 17.8 Å². The molecule has 0 nitrogen and oxygen atoms in total. The summed E-state index contributed by atoms with van der Waals surface area (Å²) in [5, 5.41) is 0. The molecule has 0 aromatic heterocycles. The molecule has 0 amide bonds. The molecule has 0 radical (unpaired) electrons. The van der Waals surface area contributed by atoms with Crippen molar-refractivity contribution in [2.45, 2.75) is 65.2 Å². The summed E-state index contributed by atoms with van der Waals surface area (Å²) in [5.41, 5.74) is 17.2. The van der Waals surface area contributed by atoms with Crippen molar-refractivity contribution in [2.75, 3.05) is 0 Å². The fraction of sp³-hybridized carbons (Fsp3) is 0.277. The van der Waals surface area contributed by atoms with Crippen LogP contribution in [0.25, 0.3) is 11.1 Å². The largest absolute Gasteiger partial charge is 0.0961 e. The van der Waals surface area contributed by atoms with Gasteiger partial charge >= 0.3 is 0 Å². The molecule has 0 bridgehead atoms. The molecule has 0 saturated carbocycles. The van der Waals surface area contributed by atoms with Gasteiger partial charge in [0.15, 0.2) is 0 Å². The summed E-state index contributed by atoms with van der Waals surface area (Å²) in [6.45, 7) is 13.4. The van der Waals surface area contributed by atoms with Crippen LogP contribution in [0.5, 0.6) is 0 Å². The number of rotatable bonds is 7. The van der Waals surface area contributed by atoms with Crippen LogP contribution in [0.2, 0.25) is 0 Å². The molecule has 2 aromatic carbocycles. The van der Waals surface area contributed by atoms with Crippen LogP contribution in [0.3, 0.4) is 0 Å². The van der Waals surface area contributed by atoms with Crippen molar-refractivity contribution in [3.63, 3.8) is 0 Å². The predicted molar refractivity (Wildman–Crippen MR) is 203 cm³/mol. The van der Waals surface area contributed by atoms with E-state index >= 15 is 0 Å². The van der Waals surface area contributed by atoms with E-state index in [1.54, 1.807) is 5.57 Å². The fourth-order valence-corrected chi connectivity index (χ4v) is 8.77. The quantitative estimate of drug-likeness (QED) is 0.273. The van der Waals surface area contributed by atoms with Gasteiger partial charge < -0.3 is 0 Å². The lowest BCUT2D eigenvalue weighted by atomic mass is 9.66. The number of hydrogen-bond donors (Lipinski definition) is 0. The van der Waals surface area contributed by atoms with Crippen molar-refractivity contribution in [3.8, 4) is 0 Å². The standard InChI is InChI=1S/C47H48/c1-6-16-35(27-32(2)3)39-29-42(33-17-9-7-10-18-33)46(34-19-11-8-12-20-34)43(30-39)38-22-15-21-36(28-38)37-25-26-41-40-23-13-14-24-44(40)47(4,5)45(41)31-37/h6-11,13-19,21-27,29,38,43,45H,2,12,20,28,30-31H2,1,3-5H3. The first kappa shape index (κ1) is 31.2. The Morgan fingerprint density at radius 1 is 0.851 bits per heavy atom. The van der Waals surface area contributed by atoms with E-state index in [1.165, 1.54) is 55.7 Å². The van der Waals surface area contributed by atoms with Gasteiger partial charge in [-0.2, -0.15) is 0 Å². The summed E-state index contributed by atoms with van der Waals surface area (Å²) in [4.78, 5) is 0. The van der Waals surface area contributed by atoms with Gasteiger partial charge in [0, 0.05) is 0 Å². The maximum atomic E-state index is 4.26. The monoisotopic (exact) mass is 612 g/mol. The Kier molecular flexibility index (Phi) is 8.63. The average Bonchev–Trinajstić information content (AvgIpc) is 3.34. The van der Waals surface area contributed by atoms with E-state index in [0.717, 1.165) is 37.7 Å². The van der Waals surface area contributed by atoms with Crippen LogP contribution in [0.1, 0.15) is 76.5 Å². The molecular weight excluding hydrogens is 565 g/mol. The second-order valence-electron chi connectivity index (χ2n) is 14.6. The minimum absolute atomic E-state index is 0.135. The zero-order valence-electron chi connectivity index (χ0n) is 28.6. The Labute approximate surface area is 283 Å². The molecule has 3 unspecified atom stereocenters. The van der Waals surface area contributed by atoms with Crippen molar-refractivity contribution in [1.29, 1.82) is 0 Å². The molecule has 0 heteroatoms. The van der Waals surface area contributed by atoms with E-state index in [1.807, 2.05) is 0 Å². The Balaban J connectivity index is 1.29. The molecule has 236 valence electrons. The Morgan fingerprint density at radius 3 is 2.38 bits per heavy atom. The first-order valence-electron chi connectivity index (χ1n) is 17.6. The highest BCUT2D eigenvalue weighted by atomic mass is 14.5. The first-order valence-corrected chi connectivity index (χ1v) is 17.6. The van der Waals surface area contributed by atoms with Crippen molar-refractivity contribution in [1.82, 2.24) is 0 Å². The van der Waals surface area contributed by atoms with E-state index in [-0.39, 0.29) is 5.41 Å². The topological polar surface area (TPSA) is 0 Å². The van der Waals surface area contributed by atoms with Gasteiger partial charge in [-0.15, -0.1) is 0 Å². The summed E-state index contributed by atoms with van der Waals surface area (Å²) < 4.78 is 0. The van der Waals surface area contributed by atoms with E-state index < -0.39 is 0 Å². The smallest absolute Gasteiger partial charge is 0.00233 e. The average molecular weight is 613 g/mol. The van der Waals surface area contributed by atoms with Crippen molar-refractivity contribution < 1.29 is 0 Å². The van der Waals surface area contributed by atoms with Gasteiger partial charge in [-0.3, -0.25) is 0 Å². The van der Waals surface area contributed by atoms with Crippen LogP contribution in [0.15, 0.2) is 173 Å². The molecule has 5 aliphatic carbocycles. The third kappa shape index (κ3) is 5.96. The zero-order chi connectivity index (χ0) is 32.5. The number of fused-ring (bicyclic) bond motifs is 3. The van der Waals surface area contributed by atoms with Gasteiger partial charge in [-0.25, -0.2) is 0 Å². The van der Waals surface area contributed by atoms with Crippen LogP contribution in [-0.4, -0.2) is 0 Å². The molecule has 5 aliphatic rings. The van der Waals surface area contributed by atoms with E-state index in [4.69, 9.17) is 0 Å². The van der Waals surface area contributed by atoms with Crippen LogP contribution in [0.4, 0.5) is 0 Å². The van der Waals surface area contributed by atoms with Gasteiger partial charge in [-0.05, 0) is 130 Å². The summed E-state index contributed by atoms with van der Waals surface area (Å²) in [6.07, 6.45) is 33.7. The van der Waals surface area contributed by atoms with Gasteiger partial charge in [0.1, 0.15) is 0 Å². The minimum Gasteiger partial charge on any atom is -0.0961 e. The second-order valence-corrected chi connectivity index (χ2v) is 14.6. The highest BCUT2D eigenvalue weighted by molar-refractivity contribution is 5.84. The lowest BCUT2D eigenvalue weighted by molar-refractivity contribution is 0.404. The lowest BCUT2D eigenvalue weighted by Crippen LogP contribution is -2.26. The molecule has 47 heavy (non-hydrogen) atoms. The number of hydrogen-bond acceptors (Lipinski definition) is 0. The highest BCUT2D eigenvalue weighted by Crippen LogP contribution is 2.55. The first-order chi connectivity index (χ1) is 22.8. The van der Waals surface area contributed by atoms with Crippen LogP contribution >= 0.6 is 0 Å². The molecule has 7 rings (SSSR count). The fourth-order valence-electron chi connectivity index (χ4n) is 8.77. The zero-order valence-corrected chi connectivity index (χ0v) is 28.6. The second kappa shape index (κ2) is 13.0. The number of benzene rings is 2. The van der Waals surface area contributed by atoms with Crippen molar-refractivity contribution >= 4 is 11.1 Å². The van der Waals surface area contributed by atoms with E-state index in [2.05, 4.69) is 162 Å². The maximum absolute atomic E-state index is 4.26. The minimum atomic E-state index is 0.135. The van der Waals surface area contributed by atoms with Gasteiger partial charge in [0.05, 0.1) is 0 Å². The Bertz CT molecular complexity index is 1900. The normalized spacial score (nSPS) is 25.1. The lowest BCUT2D eigenvalue weighted by Gasteiger charge is -2.38. The maximum Gasteiger partial charge on any atom is -0.00233 e. The summed E-state index contributed by atoms with van der Waals surface area (Å²) in [6, 6.07) is 20.2.